The van der Waals surface area contributed by atoms with E-state index in [1.165, 1.54) is 0 Å². The molecule has 3 N–H and O–H groups in total. The van der Waals surface area contributed by atoms with Crippen LogP contribution in [-0.4, -0.2) is 45.3 Å². The fourth-order valence-corrected chi connectivity index (χ4v) is 5.60. The number of amides is 1. The molecule has 5 rings (SSSR count). The fraction of sp³-hybridized carbons (Fsp3) is 0.406. The summed E-state index contributed by atoms with van der Waals surface area (Å²) in [5, 5.41) is 10.4. The van der Waals surface area contributed by atoms with E-state index in [0.29, 0.717) is 30.5 Å². The number of nitrogens with zero attached hydrogens (tertiary/aromatic N) is 4. The lowest BCUT2D eigenvalue weighted by molar-refractivity contribution is -0.687. The molecule has 0 spiro atoms. The number of hydrogen-bond acceptors (Lipinski definition) is 6. The number of rotatable bonds is 11. The minimum Gasteiger partial charge on any atom is -0.506 e. The number of ether oxygens (including phenoxy) is 2. The van der Waals surface area contributed by atoms with Crippen molar-refractivity contribution in [3.8, 4) is 11.5 Å². The number of hydrogen-bond donors (Lipinski definition) is 2. The number of benzene rings is 2. The molecule has 3 heterocycles. The smallest absolute Gasteiger partial charge is 0.271 e. The summed E-state index contributed by atoms with van der Waals surface area (Å²) in [5.41, 5.74) is 10.6. The number of pyridine rings is 1. The van der Waals surface area contributed by atoms with Crippen molar-refractivity contribution in [1.82, 2.24) is 14.5 Å². The van der Waals surface area contributed by atoms with Crippen molar-refractivity contribution >= 4 is 16.9 Å². The highest BCUT2D eigenvalue weighted by Gasteiger charge is 2.27. The summed E-state index contributed by atoms with van der Waals surface area (Å²) in [6.45, 7) is 8.14. The first-order chi connectivity index (χ1) is 20.0. The van der Waals surface area contributed by atoms with Crippen LogP contribution in [-0.2, 0) is 42.3 Å². The minimum absolute atomic E-state index is 0.0675. The molecule has 2 aromatic heterocycles. The van der Waals surface area contributed by atoms with Gasteiger partial charge in [-0.2, -0.15) is 0 Å². The van der Waals surface area contributed by atoms with E-state index >= 15 is 0 Å². The molecule has 9 nitrogen and oxygen atoms in total. The third kappa shape index (κ3) is 6.69. The summed E-state index contributed by atoms with van der Waals surface area (Å²) in [6, 6.07) is 19.1. The third-order valence-corrected chi connectivity index (χ3v) is 7.79. The molecule has 0 aliphatic carbocycles. The molecule has 0 saturated carbocycles. The van der Waals surface area contributed by atoms with Gasteiger partial charge in [0.1, 0.15) is 17.2 Å². The van der Waals surface area contributed by atoms with Gasteiger partial charge < -0.3 is 25.2 Å². The number of fused-ring (bicyclic) bond motifs is 1. The number of imidazole rings is 1. The number of aryl methyl sites for hydroxylation is 2. The van der Waals surface area contributed by atoms with E-state index in [1.54, 1.807) is 17.0 Å². The standard InChI is InChI=1S/C32H39N5O4/c1-3-36-29-17-26(10-11-28(29)37(31(36)18-33)20-25-13-15-40-16-14-25)41-22-32(39)35(19-24-7-5-4-6-8-24)21-27-30(38)12-9-23(2)34-27/h4-12,17,25H,3,13-16,18-22,33H2,1-2H3/p+1. The van der Waals surface area contributed by atoms with Crippen molar-refractivity contribution in [1.29, 1.82) is 0 Å². The molecule has 41 heavy (non-hydrogen) atoms. The van der Waals surface area contributed by atoms with Gasteiger partial charge in [-0.25, -0.2) is 9.13 Å². The molecule has 1 aliphatic heterocycles. The molecule has 4 aromatic rings. The van der Waals surface area contributed by atoms with E-state index in [9.17, 15) is 9.90 Å². The lowest BCUT2D eigenvalue weighted by Crippen LogP contribution is -2.43. The van der Waals surface area contributed by atoms with Crippen LogP contribution in [0.15, 0.2) is 60.7 Å². The average Bonchev–Trinajstić information content (AvgIpc) is 3.29. The van der Waals surface area contributed by atoms with Gasteiger partial charge in [-0.05, 0) is 56.5 Å². The molecular formula is C32H40N5O4+. The predicted molar refractivity (Wildman–Crippen MR) is 156 cm³/mol. The molecule has 216 valence electrons. The Morgan fingerprint density at radius 3 is 2.66 bits per heavy atom. The lowest BCUT2D eigenvalue weighted by Gasteiger charge is -2.23. The summed E-state index contributed by atoms with van der Waals surface area (Å²) < 4.78 is 16.2. The van der Waals surface area contributed by atoms with E-state index in [4.69, 9.17) is 15.2 Å². The molecule has 1 saturated heterocycles. The lowest BCUT2D eigenvalue weighted by atomic mass is 10.0. The first-order valence-corrected chi connectivity index (χ1v) is 14.4. The molecule has 0 radical (unpaired) electrons. The van der Waals surface area contributed by atoms with Crippen LogP contribution in [0.3, 0.4) is 0 Å². The first kappa shape index (κ1) is 28.6. The molecule has 0 unspecified atom stereocenters. The van der Waals surface area contributed by atoms with Crippen molar-refractivity contribution in [3.05, 3.63) is 83.4 Å². The van der Waals surface area contributed by atoms with Crippen LogP contribution in [0.2, 0.25) is 0 Å². The molecular weight excluding hydrogens is 518 g/mol. The topological polar surface area (TPSA) is 107 Å². The largest absolute Gasteiger partial charge is 0.506 e. The number of aromatic hydroxyl groups is 1. The Hall–Kier alpha value is -3.95. The zero-order chi connectivity index (χ0) is 28.8. The van der Waals surface area contributed by atoms with Crippen LogP contribution in [0.4, 0.5) is 0 Å². The predicted octanol–water partition coefficient (Wildman–Crippen LogP) is 3.85. The van der Waals surface area contributed by atoms with Gasteiger partial charge in [0.05, 0.1) is 26.2 Å². The summed E-state index contributed by atoms with van der Waals surface area (Å²) in [4.78, 5) is 19.6. The second kappa shape index (κ2) is 13.1. The van der Waals surface area contributed by atoms with Gasteiger partial charge >= 0.3 is 0 Å². The Kier molecular flexibility index (Phi) is 9.16. The van der Waals surface area contributed by atoms with Gasteiger partial charge in [-0.15, -0.1) is 0 Å². The maximum absolute atomic E-state index is 13.5. The number of nitrogens with two attached hydrogens (primary N) is 1. The fourth-order valence-electron chi connectivity index (χ4n) is 5.60. The molecule has 0 bridgehead atoms. The summed E-state index contributed by atoms with van der Waals surface area (Å²) in [5.74, 6) is 2.14. The van der Waals surface area contributed by atoms with Crippen LogP contribution in [0.1, 0.15) is 42.5 Å². The van der Waals surface area contributed by atoms with Gasteiger partial charge in [0.2, 0.25) is 0 Å². The third-order valence-electron chi connectivity index (χ3n) is 7.79. The van der Waals surface area contributed by atoms with E-state index in [1.807, 2.05) is 49.4 Å². The van der Waals surface area contributed by atoms with Crippen molar-refractivity contribution in [2.45, 2.75) is 59.4 Å². The van der Waals surface area contributed by atoms with Crippen molar-refractivity contribution < 1.29 is 23.9 Å². The monoisotopic (exact) mass is 558 g/mol. The van der Waals surface area contributed by atoms with Crippen LogP contribution >= 0.6 is 0 Å². The average molecular weight is 559 g/mol. The number of carbonyl (C=O) groups excluding carboxylic acids is 1. The quantitative estimate of drug-likeness (QED) is 0.271. The summed E-state index contributed by atoms with van der Waals surface area (Å²) in [7, 11) is 0. The van der Waals surface area contributed by atoms with Crippen LogP contribution < -0.4 is 15.0 Å². The maximum atomic E-state index is 13.5. The maximum Gasteiger partial charge on any atom is 0.271 e. The van der Waals surface area contributed by atoms with Crippen molar-refractivity contribution in [2.24, 2.45) is 11.7 Å². The van der Waals surface area contributed by atoms with Crippen LogP contribution in [0.5, 0.6) is 11.5 Å². The Labute approximate surface area is 241 Å². The zero-order valence-electron chi connectivity index (χ0n) is 24.0. The van der Waals surface area contributed by atoms with Gasteiger partial charge in [0.15, 0.2) is 17.6 Å². The highest BCUT2D eigenvalue weighted by Crippen LogP contribution is 2.24. The normalized spacial score (nSPS) is 13.9. The second-order valence-electron chi connectivity index (χ2n) is 10.6. The molecule has 1 amide bonds. The Bertz CT molecular complexity index is 1480. The van der Waals surface area contributed by atoms with E-state index in [2.05, 4.69) is 27.1 Å². The van der Waals surface area contributed by atoms with Crippen LogP contribution in [0, 0.1) is 12.8 Å². The highest BCUT2D eigenvalue weighted by atomic mass is 16.5. The SMILES string of the molecule is CCn1c(CN)[n+](CC2CCOCC2)c2ccc(OCC(=O)N(Cc3ccccc3)Cc3nc(C)ccc3O)cc21. The van der Waals surface area contributed by atoms with Gasteiger partial charge in [0.25, 0.3) is 11.7 Å². The second-order valence-corrected chi connectivity index (χ2v) is 10.6. The number of carbonyl (C=O) groups is 1. The van der Waals surface area contributed by atoms with Crippen molar-refractivity contribution in [3.63, 3.8) is 0 Å². The minimum atomic E-state index is -0.195. The van der Waals surface area contributed by atoms with Crippen molar-refractivity contribution in [2.75, 3.05) is 19.8 Å². The Morgan fingerprint density at radius 2 is 1.93 bits per heavy atom. The van der Waals surface area contributed by atoms with Gasteiger partial charge in [-0.1, -0.05) is 30.3 Å². The molecule has 9 heteroatoms. The molecule has 2 aromatic carbocycles. The van der Waals surface area contributed by atoms with E-state index in [0.717, 1.165) is 67.3 Å². The zero-order valence-corrected chi connectivity index (χ0v) is 24.0. The summed E-state index contributed by atoms with van der Waals surface area (Å²) >= 11 is 0. The molecule has 1 aliphatic rings. The summed E-state index contributed by atoms with van der Waals surface area (Å²) in [6.07, 6.45) is 2.10. The molecule has 1 fully saturated rings. The Balaban J connectivity index is 1.36. The van der Waals surface area contributed by atoms with Gasteiger partial charge in [0, 0.05) is 37.4 Å². The van der Waals surface area contributed by atoms with E-state index in [-0.39, 0.29) is 24.8 Å². The van der Waals surface area contributed by atoms with E-state index < -0.39 is 0 Å². The number of aromatic nitrogens is 3. The highest BCUT2D eigenvalue weighted by molar-refractivity contribution is 5.78. The van der Waals surface area contributed by atoms with Gasteiger partial charge in [-0.3, -0.25) is 9.78 Å². The Morgan fingerprint density at radius 1 is 1.15 bits per heavy atom. The molecule has 0 atom stereocenters. The van der Waals surface area contributed by atoms with Crippen LogP contribution in [0.25, 0.3) is 11.0 Å². The first-order valence-electron chi connectivity index (χ1n) is 14.4.